The van der Waals surface area contributed by atoms with Gasteiger partial charge < -0.3 is 4.57 Å². The smallest absolute Gasteiger partial charge is 0.115 e. The molecule has 3 rings (SSSR count). The monoisotopic (exact) mass is 316 g/mol. The van der Waals surface area contributed by atoms with Gasteiger partial charge in [0.1, 0.15) is 5.82 Å². The van der Waals surface area contributed by atoms with Crippen LogP contribution in [0.1, 0.15) is 59.2 Å². The Morgan fingerprint density at radius 1 is 1.18 bits per heavy atom. The van der Waals surface area contributed by atoms with Crippen LogP contribution in [0.25, 0.3) is 11.0 Å². The number of imidazole rings is 1. The van der Waals surface area contributed by atoms with Crippen LogP contribution >= 0.6 is 12.6 Å². The Bertz CT molecular complexity index is 658. The zero-order chi connectivity index (χ0) is 15.9. The third kappa shape index (κ3) is 3.19. The first-order chi connectivity index (χ1) is 10.3. The number of thiol groups is 1. The maximum Gasteiger partial charge on any atom is 0.115 e. The summed E-state index contributed by atoms with van der Waals surface area (Å²) in [5, 5.41) is 0. The molecule has 120 valence electrons. The second-order valence-electron chi connectivity index (χ2n) is 8.09. The van der Waals surface area contributed by atoms with Gasteiger partial charge in [0.25, 0.3) is 0 Å². The van der Waals surface area contributed by atoms with Gasteiger partial charge in [-0.05, 0) is 42.9 Å². The van der Waals surface area contributed by atoms with Crippen LogP contribution in [0.5, 0.6) is 0 Å². The van der Waals surface area contributed by atoms with Crippen molar-refractivity contribution < 1.29 is 0 Å². The maximum absolute atomic E-state index is 4.94. The Morgan fingerprint density at radius 2 is 1.86 bits per heavy atom. The number of hydrogen-bond donors (Lipinski definition) is 1. The number of aromatic nitrogens is 2. The molecule has 0 atom stereocenters. The van der Waals surface area contributed by atoms with E-state index in [4.69, 9.17) is 4.98 Å². The molecule has 1 aliphatic rings. The average Bonchev–Trinajstić information content (AvgIpc) is 2.79. The zero-order valence-corrected chi connectivity index (χ0v) is 15.2. The Morgan fingerprint density at radius 3 is 2.50 bits per heavy atom. The summed E-state index contributed by atoms with van der Waals surface area (Å²) in [6, 6.07) is 6.36. The molecule has 2 nitrogen and oxygen atoms in total. The first-order valence-corrected chi connectivity index (χ1v) is 8.99. The fraction of sp³-hybridized carbons (Fsp3) is 0.632. The number of rotatable bonds is 2. The van der Waals surface area contributed by atoms with Crippen LogP contribution in [0.4, 0.5) is 0 Å². The van der Waals surface area contributed by atoms with E-state index >= 15 is 0 Å². The Labute approximate surface area is 139 Å². The van der Waals surface area contributed by atoms with Gasteiger partial charge in [-0.25, -0.2) is 4.98 Å². The third-order valence-corrected chi connectivity index (χ3v) is 5.26. The van der Waals surface area contributed by atoms with Crippen molar-refractivity contribution >= 4 is 23.7 Å². The summed E-state index contributed by atoms with van der Waals surface area (Å²) in [6.45, 7) is 10.3. The molecule has 0 unspecified atom stereocenters. The van der Waals surface area contributed by atoms with Gasteiger partial charge in [-0.1, -0.05) is 40.5 Å². The Kier molecular flexibility index (Phi) is 4.28. The normalized spacial score (nSPS) is 23.1. The molecule has 0 spiro atoms. The molecule has 1 aromatic heterocycles. The van der Waals surface area contributed by atoms with Crippen LogP contribution in [0.3, 0.4) is 0 Å². The predicted molar refractivity (Wildman–Crippen MR) is 96.8 cm³/mol. The van der Waals surface area contributed by atoms with Crippen molar-refractivity contribution in [3.05, 3.63) is 24.0 Å². The van der Waals surface area contributed by atoms with Crippen molar-refractivity contribution in [1.82, 2.24) is 9.55 Å². The highest BCUT2D eigenvalue weighted by atomic mass is 32.1. The molecule has 1 aliphatic carbocycles. The minimum Gasteiger partial charge on any atom is -0.327 e. The third-order valence-electron chi connectivity index (χ3n) is 4.98. The van der Waals surface area contributed by atoms with Gasteiger partial charge in [0.15, 0.2) is 0 Å². The van der Waals surface area contributed by atoms with Crippen molar-refractivity contribution in [2.75, 3.05) is 0 Å². The summed E-state index contributed by atoms with van der Waals surface area (Å²) in [4.78, 5) is 5.93. The van der Waals surface area contributed by atoms with Crippen LogP contribution in [-0.4, -0.2) is 9.55 Å². The Balaban J connectivity index is 1.98. The predicted octanol–water partition coefficient (Wildman–Crippen LogP) is 5.45. The lowest BCUT2D eigenvalue weighted by Crippen LogP contribution is -2.23. The van der Waals surface area contributed by atoms with E-state index in [0.29, 0.717) is 0 Å². The fourth-order valence-electron chi connectivity index (χ4n) is 3.65. The first-order valence-electron chi connectivity index (χ1n) is 8.54. The van der Waals surface area contributed by atoms with E-state index < -0.39 is 0 Å². The van der Waals surface area contributed by atoms with Gasteiger partial charge in [0.05, 0.1) is 11.0 Å². The molecular weight excluding hydrogens is 288 g/mol. The van der Waals surface area contributed by atoms with E-state index in [9.17, 15) is 0 Å². The molecule has 0 saturated heterocycles. The van der Waals surface area contributed by atoms with Crippen molar-refractivity contribution in [2.45, 2.75) is 70.2 Å². The Hall–Kier alpha value is -0.960. The average molecular weight is 317 g/mol. The highest BCUT2D eigenvalue weighted by Gasteiger charge is 2.26. The van der Waals surface area contributed by atoms with Crippen LogP contribution < -0.4 is 0 Å². The molecular formula is C19H28N2S. The van der Waals surface area contributed by atoms with Crippen LogP contribution in [0, 0.1) is 11.8 Å². The van der Waals surface area contributed by atoms with Gasteiger partial charge in [-0.3, -0.25) is 0 Å². The summed E-state index contributed by atoms with van der Waals surface area (Å²) in [7, 11) is 0. The van der Waals surface area contributed by atoms with E-state index in [0.717, 1.165) is 28.8 Å². The van der Waals surface area contributed by atoms with Gasteiger partial charge in [-0.2, -0.15) is 0 Å². The van der Waals surface area contributed by atoms with Crippen LogP contribution in [0.2, 0.25) is 0 Å². The van der Waals surface area contributed by atoms with Crippen molar-refractivity contribution in [2.24, 2.45) is 11.8 Å². The maximum atomic E-state index is 4.94. The minimum atomic E-state index is 0.0672. The summed E-state index contributed by atoms with van der Waals surface area (Å²) in [5.41, 5.74) is 2.42. The van der Waals surface area contributed by atoms with Gasteiger partial charge in [0.2, 0.25) is 0 Å². The van der Waals surface area contributed by atoms with Crippen LogP contribution in [0.15, 0.2) is 23.1 Å². The molecule has 2 aromatic rings. The van der Waals surface area contributed by atoms with Crippen molar-refractivity contribution in [3.8, 4) is 0 Å². The van der Waals surface area contributed by atoms with Crippen LogP contribution in [-0.2, 0) is 12.0 Å². The SMILES string of the molecule is CC1CCC(Cn2c(C(C)(C)C)nc3cc(S)ccc32)CC1. The summed E-state index contributed by atoms with van der Waals surface area (Å²) >= 11 is 4.47. The topological polar surface area (TPSA) is 17.8 Å². The lowest BCUT2D eigenvalue weighted by atomic mass is 9.83. The molecule has 0 radical (unpaired) electrons. The molecule has 1 heterocycles. The lowest BCUT2D eigenvalue weighted by Gasteiger charge is -2.28. The molecule has 1 fully saturated rings. The second kappa shape index (κ2) is 5.92. The van der Waals surface area contributed by atoms with Gasteiger partial charge >= 0.3 is 0 Å². The molecule has 0 bridgehead atoms. The number of hydrogen-bond acceptors (Lipinski definition) is 2. The standard InChI is InChI=1S/C19H28N2S/c1-13-5-7-14(8-6-13)12-21-17-10-9-15(22)11-16(17)20-18(21)19(2,3)4/h9-11,13-14,22H,5-8,12H2,1-4H3. The van der Waals surface area contributed by atoms with Crippen molar-refractivity contribution in [3.63, 3.8) is 0 Å². The van der Waals surface area contributed by atoms with Gasteiger partial charge in [0, 0.05) is 16.9 Å². The number of fused-ring (bicyclic) bond motifs is 1. The molecule has 22 heavy (non-hydrogen) atoms. The molecule has 0 N–H and O–H groups in total. The van der Waals surface area contributed by atoms with Gasteiger partial charge in [-0.15, -0.1) is 12.6 Å². The van der Waals surface area contributed by atoms with E-state index in [1.54, 1.807) is 0 Å². The summed E-state index contributed by atoms with van der Waals surface area (Å²) in [6.07, 6.45) is 5.47. The molecule has 0 amide bonds. The summed E-state index contributed by atoms with van der Waals surface area (Å²) in [5.74, 6) is 2.91. The number of nitrogens with zero attached hydrogens (tertiary/aromatic N) is 2. The number of benzene rings is 1. The quantitative estimate of drug-likeness (QED) is 0.729. The minimum absolute atomic E-state index is 0.0672. The summed E-state index contributed by atoms with van der Waals surface area (Å²) < 4.78 is 2.48. The van der Waals surface area contributed by atoms with E-state index in [-0.39, 0.29) is 5.41 Å². The lowest BCUT2D eigenvalue weighted by molar-refractivity contribution is 0.262. The van der Waals surface area contributed by atoms with E-state index in [2.05, 4.69) is 63.1 Å². The molecule has 1 saturated carbocycles. The highest BCUT2D eigenvalue weighted by Crippen LogP contribution is 2.33. The molecule has 3 heteroatoms. The zero-order valence-electron chi connectivity index (χ0n) is 14.3. The second-order valence-corrected chi connectivity index (χ2v) is 8.61. The highest BCUT2D eigenvalue weighted by molar-refractivity contribution is 7.80. The van der Waals surface area contributed by atoms with E-state index in [1.807, 2.05) is 0 Å². The van der Waals surface area contributed by atoms with E-state index in [1.165, 1.54) is 37.0 Å². The van der Waals surface area contributed by atoms with Crippen molar-refractivity contribution in [1.29, 1.82) is 0 Å². The molecule has 1 aromatic carbocycles. The fourth-order valence-corrected chi connectivity index (χ4v) is 3.84. The largest absolute Gasteiger partial charge is 0.327 e. The molecule has 0 aliphatic heterocycles. The first kappa shape index (κ1) is 15.9.